The first-order valence-electron chi connectivity index (χ1n) is 23.1. The number of anilines is 4. The number of furan rings is 2. The minimum absolute atomic E-state index is 0. The second-order valence-electron chi connectivity index (χ2n) is 17.4. The number of para-hydroxylation sites is 6. The van der Waals surface area contributed by atoms with Crippen LogP contribution >= 0.6 is 0 Å². The molecule has 0 spiro atoms. The summed E-state index contributed by atoms with van der Waals surface area (Å²) in [7, 11) is 0. The Balaban J connectivity index is 0.00000470. The Labute approximate surface area is 420 Å². The van der Waals surface area contributed by atoms with E-state index in [1.807, 2.05) is 65.2 Å². The van der Waals surface area contributed by atoms with Crippen LogP contribution in [0.1, 0.15) is 0 Å². The van der Waals surface area contributed by atoms with Gasteiger partial charge in [-0.2, -0.15) is 0 Å². The van der Waals surface area contributed by atoms with Gasteiger partial charge in [0, 0.05) is 77.4 Å². The molecule has 15 rings (SSSR count). The normalized spacial score (nSPS) is 12.6. The van der Waals surface area contributed by atoms with Crippen LogP contribution in [0, 0.1) is 18.8 Å². The van der Waals surface area contributed by atoms with Crippen LogP contribution in [-0.4, -0.2) is 18.9 Å². The molecule has 0 unspecified atom stereocenters. The number of hydrogen-bond acceptors (Lipinski definition) is 7. The van der Waals surface area contributed by atoms with Crippen LogP contribution in [0.4, 0.5) is 22.7 Å². The fraction of sp³-hybridized carbons (Fsp3) is 0. The average molecular weight is 1100 g/mol. The zero-order valence-electron chi connectivity index (χ0n) is 37.4. The molecule has 6 heterocycles. The standard InChI is InChI=1S/C61H35N6O3.Pt/c1-3-16-38(17-4-1)42-21-15-22-43(39-18-5-2-6-19-39)57(42)65-37-64(50-25-10-11-26-51(50)65)40-34-47-46-31-30-45-44-20-7-12-27-54(44)69-59(45)60(46)70-58(47)55(35-40)68-41-29-32-52-53(36-41)67(56-28-13-14-33-62-56)61-63-48-23-8-9-24-49(48)66(52)61;/h1-34,37H;/q-3;. The first-order valence-corrected chi connectivity index (χ1v) is 23.1. The molecular formula is C61H35N6O3Pt-3. The molecule has 0 saturated carbocycles. The van der Waals surface area contributed by atoms with E-state index in [1.54, 1.807) is 6.20 Å². The summed E-state index contributed by atoms with van der Waals surface area (Å²) in [5.74, 6) is 2.30. The molecule has 9 aromatic carbocycles. The van der Waals surface area contributed by atoms with Crippen LogP contribution < -0.4 is 14.5 Å². The molecule has 71 heavy (non-hydrogen) atoms. The van der Waals surface area contributed by atoms with Crippen LogP contribution in [0.3, 0.4) is 0 Å². The minimum Gasteiger partial charge on any atom is -0.509 e. The van der Waals surface area contributed by atoms with Crippen molar-refractivity contribution in [3.63, 3.8) is 0 Å². The maximum Gasteiger partial charge on any atom is 0.208 e. The number of hydrogen-bond donors (Lipinski definition) is 0. The van der Waals surface area contributed by atoms with Gasteiger partial charge in [0.05, 0.1) is 22.4 Å². The summed E-state index contributed by atoms with van der Waals surface area (Å²) in [4.78, 5) is 14.3. The van der Waals surface area contributed by atoms with Crippen LogP contribution in [0.25, 0.3) is 99.8 Å². The Morgan fingerprint density at radius 1 is 0.521 bits per heavy atom. The zero-order valence-corrected chi connectivity index (χ0v) is 39.7. The van der Waals surface area contributed by atoms with Crippen molar-refractivity contribution in [3.05, 3.63) is 225 Å². The molecule has 0 saturated heterocycles. The van der Waals surface area contributed by atoms with Gasteiger partial charge in [0.15, 0.2) is 11.2 Å². The Hall–Kier alpha value is -8.91. The van der Waals surface area contributed by atoms with Gasteiger partial charge in [-0.3, -0.25) is 4.57 Å². The Morgan fingerprint density at radius 3 is 1.97 bits per heavy atom. The molecule has 14 aromatic rings. The number of fused-ring (bicyclic) bond motifs is 13. The molecule has 1 aliphatic heterocycles. The molecular weight excluding hydrogens is 1060 g/mol. The molecule has 0 radical (unpaired) electrons. The number of pyridine rings is 1. The third kappa shape index (κ3) is 6.29. The van der Waals surface area contributed by atoms with Crippen molar-refractivity contribution in [2.75, 3.05) is 9.80 Å². The summed E-state index contributed by atoms with van der Waals surface area (Å²) in [6.45, 7) is 2.16. The van der Waals surface area contributed by atoms with E-state index in [2.05, 4.69) is 173 Å². The molecule has 0 amide bonds. The number of benzene rings is 9. The number of ether oxygens (including phenoxy) is 1. The van der Waals surface area contributed by atoms with Crippen LogP contribution in [0.15, 0.2) is 215 Å². The number of aromatic nitrogens is 4. The predicted octanol–water partition coefficient (Wildman–Crippen LogP) is 15.8. The predicted molar refractivity (Wildman–Crippen MR) is 278 cm³/mol. The van der Waals surface area contributed by atoms with Crippen molar-refractivity contribution in [1.29, 1.82) is 0 Å². The van der Waals surface area contributed by atoms with Gasteiger partial charge < -0.3 is 27.8 Å². The summed E-state index contributed by atoms with van der Waals surface area (Å²) in [5, 5.41) is 3.74. The minimum atomic E-state index is 0. The zero-order chi connectivity index (χ0) is 45.9. The second kappa shape index (κ2) is 16.1. The molecule has 0 fully saturated rings. The molecule has 0 bridgehead atoms. The Kier molecular flexibility index (Phi) is 9.31. The third-order valence-corrected chi connectivity index (χ3v) is 13.5. The molecule has 0 N–H and O–H groups in total. The maximum absolute atomic E-state index is 7.05. The van der Waals surface area contributed by atoms with Gasteiger partial charge in [-0.1, -0.05) is 145 Å². The summed E-state index contributed by atoms with van der Waals surface area (Å²) in [6, 6.07) is 76.0. The van der Waals surface area contributed by atoms with E-state index >= 15 is 0 Å². The smallest absolute Gasteiger partial charge is 0.208 e. The molecule has 9 nitrogen and oxygen atoms in total. The molecule has 340 valence electrons. The van der Waals surface area contributed by atoms with Gasteiger partial charge >= 0.3 is 0 Å². The van der Waals surface area contributed by atoms with Gasteiger partial charge in [-0.05, 0) is 70.7 Å². The fourth-order valence-corrected chi connectivity index (χ4v) is 10.4. The van der Waals surface area contributed by atoms with Crippen molar-refractivity contribution in [1.82, 2.24) is 18.9 Å². The van der Waals surface area contributed by atoms with Gasteiger partial charge in [-0.15, -0.1) is 37.0 Å². The fourth-order valence-electron chi connectivity index (χ4n) is 10.4. The Bertz CT molecular complexity index is 4330. The number of imidazole rings is 2. The molecule has 1 aliphatic rings. The number of rotatable bonds is 7. The SMILES string of the molecule is [Pt].[c-]1c(N2[CH-]N(c3c(-c4ccccc4)cccc3-c3ccccc3)c3ccccc32)cc2c(oc3c2ccc2c4ccccc4oc23)c1Oc1[c-]c2c(cc1)n1c3ccccc3nc1n2-c1ccccn1. The number of nitrogens with zero attached hydrogens (tertiary/aromatic N) is 6. The van der Waals surface area contributed by atoms with E-state index in [1.165, 1.54) is 0 Å². The molecule has 0 aliphatic carbocycles. The largest absolute Gasteiger partial charge is 0.509 e. The quantitative estimate of drug-likeness (QED) is 0.147. The first kappa shape index (κ1) is 41.1. The van der Waals surface area contributed by atoms with Gasteiger partial charge in [-0.25, -0.2) is 9.97 Å². The van der Waals surface area contributed by atoms with Crippen LogP contribution in [0.2, 0.25) is 0 Å². The van der Waals surface area contributed by atoms with E-state index < -0.39 is 0 Å². The van der Waals surface area contributed by atoms with Crippen molar-refractivity contribution < 1.29 is 34.6 Å². The van der Waals surface area contributed by atoms with Crippen molar-refractivity contribution in [2.24, 2.45) is 0 Å². The van der Waals surface area contributed by atoms with E-state index in [0.29, 0.717) is 34.1 Å². The molecule has 10 heteroatoms. The van der Waals surface area contributed by atoms with E-state index in [9.17, 15) is 0 Å². The summed E-state index contributed by atoms with van der Waals surface area (Å²) >= 11 is 0. The topological polar surface area (TPSA) is 77.1 Å². The molecule has 5 aromatic heterocycles. The van der Waals surface area contributed by atoms with Crippen molar-refractivity contribution >= 4 is 94.5 Å². The Morgan fingerprint density at radius 2 is 1.20 bits per heavy atom. The average Bonchev–Trinajstić information content (AvgIpc) is 4.24. The second-order valence-corrected chi connectivity index (χ2v) is 17.4. The van der Waals surface area contributed by atoms with Crippen LogP contribution in [0.5, 0.6) is 11.5 Å². The summed E-state index contributed by atoms with van der Waals surface area (Å²) in [5.41, 5.74) is 14.5. The van der Waals surface area contributed by atoms with Crippen LogP contribution in [-0.2, 0) is 21.1 Å². The van der Waals surface area contributed by atoms with Gasteiger partial charge in [0.2, 0.25) is 5.78 Å². The van der Waals surface area contributed by atoms with E-state index in [-0.39, 0.29) is 21.1 Å². The monoisotopic (exact) mass is 1090 g/mol. The van der Waals surface area contributed by atoms with Gasteiger partial charge in [0.25, 0.3) is 0 Å². The third-order valence-electron chi connectivity index (χ3n) is 13.5. The maximum atomic E-state index is 7.05. The van der Waals surface area contributed by atoms with E-state index in [4.69, 9.17) is 23.5 Å². The first-order chi connectivity index (χ1) is 34.7. The van der Waals surface area contributed by atoms with Crippen molar-refractivity contribution in [2.45, 2.75) is 0 Å². The van der Waals surface area contributed by atoms with Gasteiger partial charge in [0.1, 0.15) is 11.4 Å². The van der Waals surface area contributed by atoms with E-state index in [0.717, 1.165) is 100.0 Å². The van der Waals surface area contributed by atoms with Crippen molar-refractivity contribution in [3.8, 4) is 39.6 Å². The molecule has 0 atom stereocenters. The summed E-state index contributed by atoms with van der Waals surface area (Å²) < 4.78 is 24.7. The summed E-state index contributed by atoms with van der Waals surface area (Å²) in [6.07, 6.45) is 1.79.